The number of para-hydroxylation sites is 1. The Morgan fingerprint density at radius 1 is 1.09 bits per heavy atom. The molecule has 1 aliphatic rings. The summed E-state index contributed by atoms with van der Waals surface area (Å²) in [5, 5.41) is 2.74. The molecule has 4 heteroatoms. The van der Waals surface area contributed by atoms with Gasteiger partial charge in [-0.2, -0.15) is 0 Å². The average Bonchev–Trinajstić information content (AvgIpc) is 2.58. The lowest BCUT2D eigenvalue weighted by Crippen LogP contribution is -2.46. The second kappa shape index (κ2) is 7.38. The van der Waals surface area contributed by atoms with E-state index in [0.29, 0.717) is 0 Å². The Morgan fingerprint density at radius 3 is 2.61 bits per heavy atom. The predicted molar refractivity (Wildman–Crippen MR) is 89.5 cm³/mol. The molecule has 3 nitrogen and oxygen atoms in total. The third kappa shape index (κ3) is 3.96. The zero-order valence-electron chi connectivity index (χ0n) is 13.0. The molecule has 0 aromatic heterocycles. The standard InChI is InChI=1S/C19H21FN2O/c20-16-10-4-5-11-17(16)21-19(23)18-12-6-7-13-22(18)14-15-8-2-1-3-9-15/h1-5,8-11,18H,6-7,12-14H2,(H,21,23)/t18-/m1/s1. The first kappa shape index (κ1) is 15.7. The first-order chi connectivity index (χ1) is 11.2. The van der Waals surface area contributed by atoms with E-state index in [1.54, 1.807) is 18.2 Å². The number of rotatable bonds is 4. The van der Waals surface area contributed by atoms with Crippen molar-refractivity contribution in [2.45, 2.75) is 31.8 Å². The van der Waals surface area contributed by atoms with Crippen LogP contribution in [0.1, 0.15) is 24.8 Å². The van der Waals surface area contributed by atoms with Gasteiger partial charge in [-0.15, -0.1) is 0 Å². The van der Waals surface area contributed by atoms with Crippen molar-refractivity contribution in [1.29, 1.82) is 0 Å². The lowest BCUT2D eigenvalue weighted by atomic mass is 10.00. The van der Waals surface area contributed by atoms with Crippen LogP contribution in [0.2, 0.25) is 0 Å². The first-order valence-electron chi connectivity index (χ1n) is 8.07. The van der Waals surface area contributed by atoms with E-state index in [9.17, 15) is 9.18 Å². The van der Waals surface area contributed by atoms with Gasteiger partial charge in [-0.3, -0.25) is 9.69 Å². The van der Waals surface area contributed by atoms with Gasteiger partial charge in [0.15, 0.2) is 0 Å². The van der Waals surface area contributed by atoms with E-state index in [-0.39, 0.29) is 17.6 Å². The molecule has 0 saturated carbocycles. The van der Waals surface area contributed by atoms with Crippen LogP contribution in [0.25, 0.3) is 0 Å². The molecule has 1 aliphatic heterocycles. The maximum atomic E-state index is 13.7. The minimum atomic E-state index is -0.397. The number of carbonyl (C=O) groups excluding carboxylic acids is 1. The topological polar surface area (TPSA) is 32.3 Å². The number of nitrogens with one attached hydrogen (secondary N) is 1. The summed E-state index contributed by atoms with van der Waals surface area (Å²) in [5.74, 6) is -0.517. The summed E-state index contributed by atoms with van der Waals surface area (Å²) in [6.07, 6.45) is 2.93. The maximum Gasteiger partial charge on any atom is 0.241 e. The van der Waals surface area contributed by atoms with Crippen LogP contribution < -0.4 is 5.32 Å². The van der Waals surface area contributed by atoms with E-state index < -0.39 is 5.82 Å². The smallest absolute Gasteiger partial charge is 0.241 e. The van der Waals surface area contributed by atoms with Gasteiger partial charge in [0.2, 0.25) is 5.91 Å². The molecule has 1 saturated heterocycles. The third-order valence-corrected chi connectivity index (χ3v) is 4.28. The fourth-order valence-electron chi connectivity index (χ4n) is 3.07. The van der Waals surface area contributed by atoms with Gasteiger partial charge in [-0.1, -0.05) is 48.9 Å². The highest BCUT2D eigenvalue weighted by Crippen LogP contribution is 2.22. The van der Waals surface area contributed by atoms with Crippen LogP contribution in [-0.2, 0) is 11.3 Å². The van der Waals surface area contributed by atoms with Crippen LogP contribution in [0.3, 0.4) is 0 Å². The lowest BCUT2D eigenvalue weighted by Gasteiger charge is -2.34. The van der Waals surface area contributed by atoms with Gasteiger partial charge in [0.1, 0.15) is 5.82 Å². The van der Waals surface area contributed by atoms with Crippen LogP contribution in [0, 0.1) is 5.82 Å². The number of anilines is 1. The summed E-state index contributed by atoms with van der Waals surface area (Å²) in [5.41, 5.74) is 1.45. The number of hydrogen-bond acceptors (Lipinski definition) is 2. The van der Waals surface area contributed by atoms with Crippen molar-refractivity contribution in [2.75, 3.05) is 11.9 Å². The number of halogens is 1. The van der Waals surface area contributed by atoms with Crippen molar-refractivity contribution in [2.24, 2.45) is 0 Å². The second-order valence-corrected chi connectivity index (χ2v) is 5.94. The Labute approximate surface area is 136 Å². The van der Waals surface area contributed by atoms with E-state index in [1.165, 1.54) is 11.6 Å². The van der Waals surface area contributed by atoms with E-state index in [0.717, 1.165) is 32.4 Å². The van der Waals surface area contributed by atoms with Gasteiger partial charge in [0.05, 0.1) is 11.7 Å². The number of carbonyl (C=O) groups is 1. The fraction of sp³-hybridized carbons (Fsp3) is 0.316. The molecule has 2 aromatic rings. The quantitative estimate of drug-likeness (QED) is 0.931. The van der Waals surface area contributed by atoms with E-state index in [4.69, 9.17) is 0 Å². The highest BCUT2D eigenvalue weighted by Gasteiger charge is 2.29. The Hall–Kier alpha value is -2.20. The predicted octanol–water partition coefficient (Wildman–Crippen LogP) is 3.82. The zero-order chi connectivity index (χ0) is 16.1. The molecule has 0 bridgehead atoms. The lowest BCUT2D eigenvalue weighted by molar-refractivity contribution is -0.122. The largest absolute Gasteiger partial charge is 0.322 e. The van der Waals surface area contributed by atoms with Crippen molar-refractivity contribution < 1.29 is 9.18 Å². The summed E-state index contributed by atoms with van der Waals surface area (Å²) in [7, 11) is 0. The van der Waals surface area contributed by atoms with Gasteiger partial charge >= 0.3 is 0 Å². The molecule has 3 rings (SSSR count). The molecular weight excluding hydrogens is 291 g/mol. The zero-order valence-corrected chi connectivity index (χ0v) is 13.0. The molecule has 23 heavy (non-hydrogen) atoms. The van der Waals surface area contributed by atoms with Crippen LogP contribution in [-0.4, -0.2) is 23.4 Å². The third-order valence-electron chi connectivity index (χ3n) is 4.28. The summed E-state index contributed by atoms with van der Waals surface area (Å²) in [4.78, 5) is 14.8. The highest BCUT2D eigenvalue weighted by molar-refractivity contribution is 5.95. The maximum absolute atomic E-state index is 13.7. The molecule has 120 valence electrons. The monoisotopic (exact) mass is 312 g/mol. The Kier molecular flexibility index (Phi) is 5.03. The van der Waals surface area contributed by atoms with Crippen molar-refractivity contribution in [1.82, 2.24) is 4.90 Å². The minimum Gasteiger partial charge on any atom is -0.322 e. The van der Waals surface area contributed by atoms with Crippen LogP contribution >= 0.6 is 0 Å². The minimum absolute atomic E-state index is 0.120. The molecule has 0 unspecified atom stereocenters. The van der Waals surface area contributed by atoms with Crippen molar-refractivity contribution in [3.63, 3.8) is 0 Å². The number of piperidine rings is 1. The molecule has 0 aliphatic carbocycles. The van der Waals surface area contributed by atoms with Crippen molar-refractivity contribution >= 4 is 11.6 Å². The Morgan fingerprint density at radius 2 is 1.83 bits per heavy atom. The van der Waals surface area contributed by atoms with Gasteiger partial charge in [-0.25, -0.2) is 4.39 Å². The molecule has 0 spiro atoms. The van der Waals surface area contributed by atoms with Crippen LogP contribution in [0.4, 0.5) is 10.1 Å². The number of benzene rings is 2. The molecule has 2 aromatic carbocycles. The Balaban J connectivity index is 1.70. The van der Waals surface area contributed by atoms with Gasteiger partial charge in [-0.05, 0) is 37.1 Å². The summed E-state index contributed by atoms with van der Waals surface area (Å²) < 4.78 is 13.7. The van der Waals surface area contributed by atoms with E-state index >= 15 is 0 Å². The summed E-state index contributed by atoms with van der Waals surface area (Å²) in [6, 6.07) is 16.2. The van der Waals surface area contributed by atoms with Gasteiger partial charge in [0.25, 0.3) is 0 Å². The molecule has 1 fully saturated rings. The fourth-order valence-corrected chi connectivity index (χ4v) is 3.07. The summed E-state index contributed by atoms with van der Waals surface area (Å²) in [6.45, 7) is 1.64. The van der Waals surface area contributed by atoms with Crippen LogP contribution in [0.5, 0.6) is 0 Å². The SMILES string of the molecule is O=C(Nc1ccccc1F)[C@H]1CCCCN1Cc1ccccc1. The van der Waals surface area contributed by atoms with E-state index in [1.807, 2.05) is 18.2 Å². The summed E-state index contributed by atoms with van der Waals surface area (Å²) >= 11 is 0. The molecule has 0 radical (unpaired) electrons. The number of hydrogen-bond donors (Lipinski definition) is 1. The molecule has 1 amide bonds. The van der Waals surface area contributed by atoms with Crippen LogP contribution in [0.15, 0.2) is 54.6 Å². The normalized spacial score (nSPS) is 18.6. The van der Waals surface area contributed by atoms with Crippen molar-refractivity contribution in [3.8, 4) is 0 Å². The number of likely N-dealkylation sites (tertiary alicyclic amines) is 1. The Bertz CT molecular complexity index is 659. The molecular formula is C19H21FN2O. The highest BCUT2D eigenvalue weighted by atomic mass is 19.1. The average molecular weight is 312 g/mol. The number of nitrogens with zero attached hydrogens (tertiary/aromatic N) is 1. The first-order valence-corrected chi connectivity index (χ1v) is 8.07. The second-order valence-electron chi connectivity index (χ2n) is 5.94. The number of amides is 1. The molecule has 1 heterocycles. The van der Waals surface area contributed by atoms with Gasteiger partial charge in [0, 0.05) is 6.54 Å². The molecule has 1 N–H and O–H groups in total. The molecule has 1 atom stereocenters. The van der Waals surface area contributed by atoms with Crippen molar-refractivity contribution in [3.05, 3.63) is 66.0 Å². The van der Waals surface area contributed by atoms with E-state index in [2.05, 4.69) is 22.3 Å². The van der Waals surface area contributed by atoms with Gasteiger partial charge < -0.3 is 5.32 Å².